The summed E-state index contributed by atoms with van der Waals surface area (Å²) in [6, 6.07) is 3.77. The molecule has 0 saturated carbocycles. The van der Waals surface area contributed by atoms with Gasteiger partial charge in [0.05, 0.1) is 25.9 Å². The van der Waals surface area contributed by atoms with Crippen LogP contribution in [0.3, 0.4) is 0 Å². The second-order valence-corrected chi connectivity index (χ2v) is 4.55. The average Bonchev–Trinajstić information content (AvgIpc) is 2.43. The van der Waals surface area contributed by atoms with Gasteiger partial charge in [0.25, 0.3) is 0 Å². The van der Waals surface area contributed by atoms with E-state index in [1.165, 1.54) is 18.2 Å². The molecule has 19 heavy (non-hydrogen) atoms. The Hall–Kier alpha value is -1.04. The molecule has 0 aromatic heterocycles. The van der Waals surface area contributed by atoms with Gasteiger partial charge in [-0.1, -0.05) is 13.0 Å². The number of hydrogen-bond donors (Lipinski definition) is 1. The van der Waals surface area contributed by atoms with Crippen molar-refractivity contribution in [3.05, 3.63) is 35.4 Å². The first-order valence-corrected chi connectivity index (χ1v) is 6.58. The maximum atomic E-state index is 13.7. The monoisotopic (exact) mass is 271 g/mol. The minimum absolute atomic E-state index is 0.0997. The van der Waals surface area contributed by atoms with Gasteiger partial charge in [-0.25, -0.2) is 8.78 Å². The second kappa shape index (κ2) is 6.93. The van der Waals surface area contributed by atoms with Gasteiger partial charge in [0.15, 0.2) is 0 Å². The first-order chi connectivity index (χ1) is 9.22. The largest absolute Gasteiger partial charge is 0.376 e. The summed E-state index contributed by atoms with van der Waals surface area (Å²) in [5, 5.41) is 3.22. The standard InChI is InChI=1S/C14H19F2NO2/c1-2-17-13(14-9-18-6-7-19-14)8-10-11(15)4-3-5-12(10)16/h3-5,13-14,17H,2,6-9H2,1H3. The normalized spacial score (nSPS) is 21.3. The maximum Gasteiger partial charge on any atom is 0.129 e. The summed E-state index contributed by atoms with van der Waals surface area (Å²) in [7, 11) is 0. The van der Waals surface area contributed by atoms with Crippen molar-refractivity contribution in [2.45, 2.75) is 25.5 Å². The maximum absolute atomic E-state index is 13.7. The molecule has 0 spiro atoms. The molecule has 1 aliphatic heterocycles. The van der Waals surface area contributed by atoms with E-state index in [2.05, 4.69) is 5.32 Å². The Kier molecular flexibility index (Phi) is 5.24. The lowest BCUT2D eigenvalue weighted by Gasteiger charge is -2.31. The third kappa shape index (κ3) is 3.72. The summed E-state index contributed by atoms with van der Waals surface area (Å²) >= 11 is 0. The zero-order valence-electron chi connectivity index (χ0n) is 11.0. The van der Waals surface area contributed by atoms with Crippen LogP contribution in [0.2, 0.25) is 0 Å². The highest BCUT2D eigenvalue weighted by molar-refractivity contribution is 5.21. The van der Waals surface area contributed by atoms with E-state index in [0.29, 0.717) is 26.4 Å². The van der Waals surface area contributed by atoms with E-state index in [4.69, 9.17) is 9.47 Å². The highest BCUT2D eigenvalue weighted by atomic mass is 19.1. The molecule has 1 heterocycles. The summed E-state index contributed by atoms with van der Waals surface area (Å²) in [6.45, 7) is 4.21. The Bertz CT molecular complexity index is 388. The van der Waals surface area contributed by atoms with E-state index < -0.39 is 11.6 Å². The van der Waals surface area contributed by atoms with Gasteiger partial charge in [0.1, 0.15) is 11.6 Å². The molecule has 0 radical (unpaired) electrons. The molecule has 0 aliphatic carbocycles. The lowest BCUT2D eigenvalue weighted by molar-refractivity contribution is -0.101. The molecule has 1 N–H and O–H groups in total. The molecule has 5 heteroatoms. The Morgan fingerprint density at radius 1 is 1.32 bits per heavy atom. The third-order valence-electron chi connectivity index (χ3n) is 3.24. The van der Waals surface area contributed by atoms with Gasteiger partial charge in [0.2, 0.25) is 0 Å². The SMILES string of the molecule is CCNC(Cc1c(F)cccc1F)C1COCCO1. The lowest BCUT2D eigenvalue weighted by atomic mass is 10.00. The summed E-state index contributed by atoms with van der Waals surface area (Å²) in [5.74, 6) is -1.03. The number of ether oxygens (including phenoxy) is 2. The van der Waals surface area contributed by atoms with Crippen LogP contribution in [-0.4, -0.2) is 38.5 Å². The number of halogens is 2. The molecule has 106 valence electrons. The number of rotatable bonds is 5. The smallest absolute Gasteiger partial charge is 0.129 e. The van der Waals surface area contributed by atoms with Crippen LogP contribution in [0.15, 0.2) is 18.2 Å². The van der Waals surface area contributed by atoms with Gasteiger partial charge < -0.3 is 14.8 Å². The molecule has 0 amide bonds. The Balaban J connectivity index is 2.11. The fraction of sp³-hybridized carbons (Fsp3) is 0.571. The fourth-order valence-corrected chi connectivity index (χ4v) is 2.28. The molecule has 2 unspecified atom stereocenters. The zero-order chi connectivity index (χ0) is 13.7. The Morgan fingerprint density at radius 2 is 2.05 bits per heavy atom. The van der Waals surface area contributed by atoms with Crippen LogP contribution in [0.25, 0.3) is 0 Å². The minimum Gasteiger partial charge on any atom is -0.376 e. The van der Waals surface area contributed by atoms with Gasteiger partial charge in [-0.2, -0.15) is 0 Å². The van der Waals surface area contributed by atoms with Crippen molar-refractivity contribution in [3.63, 3.8) is 0 Å². The van der Waals surface area contributed by atoms with Crippen LogP contribution in [0.5, 0.6) is 0 Å². The summed E-state index contributed by atoms with van der Waals surface area (Å²) in [4.78, 5) is 0. The number of hydrogen-bond acceptors (Lipinski definition) is 3. The van der Waals surface area contributed by atoms with Gasteiger partial charge in [-0.3, -0.25) is 0 Å². The molecule has 3 nitrogen and oxygen atoms in total. The van der Waals surface area contributed by atoms with Crippen molar-refractivity contribution in [1.82, 2.24) is 5.32 Å². The van der Waals surface area contributed by atoms with Crippen LogP contribution >= 0.6 is 0 Å². The molecule has 0 bridgehead atoms. The number of likely N-dealkylation sites (N-methyl/N-ethyl adjacent to an activating group) is 1. The lowest BCUT2D eigenvalue weighted by Crippen LogP contribution is -2.48. The van der Waals surface area contributed by atoms with Crippen LogP contribution in [0, 0.1) is 11.6 Å². The summed E-state index contributed by atoms with van der Waals surface area (Å²) in [5.41, 5.74) is 0.0997. The van der Waals surface area contributed by atoms with E-state index in [9.17, 15) is 8.78 Å². The molecule has 2 atom stereocenters. The minimum atomic E-state index is -0.514. The van der Waals surface area contributed by atoms with Crippen LogP contribution < -0.4 is 5.32 Å². The number of benzene rings is 1. The molecule has 1 fully saturated rings. The van der Waals surface area contributed by atoms with Crippen LogP contribution in [0.1, 0.15) is 12.5 Å². The van der Waals surface area contributed by atoms with Crippen LogP contribution in [0.4, 0.5) is 8.78 Å². The molecular formula is C14H19F2NO2. The summed E-state index contributed by atoms with van der Waals surface area (Å²) in [6.07, 6.45) is 0.0770. The topological polar surface area (TPSA) is 30.5 Å². The van der Waals surface area contributed by atoms with Crippen molar-refractivity contribution >= 4 is 0 Å². The summed E-state index contributed by atoms with van der Waals surface area (Å²) < 4.78 is 38.3. The molecule has 1 aromatic carbocycles. The van der Waals surface area contributed by atoms with Crippen molar-refractivity contribution in [2.75, 3.05) is 26.4 Å². The van der Waals surface area contributed by atoms with Crippen molar-refractivity contribution in [3.8, 4) is 0 Å². The van der Waals surface area contributed by atoms with E-state index in [0.717, 1.165) is 0 Å². The molecular weight excluding hydrogens is 252 g/mol. The van der Waals surface area contributed by atoms with Crippen molar-refractivity contribution in [1.29, 1.82) is 0 Å². The predicted molar refractivity (Wildman–Crippen MR) is 68.1 cm³/mol. The second-order valence-electron chi connectivity index (χ2n) is 4.55. The first-order valence-electron chi connectivity index (χ1n) is 6.58. The van der Waals surface area contributed by atoms with Crippen LogP contribution in [-0.2, 0) is 15.9 Å². The highest BCUT2D eigenvalue weighted by Crippen LogP contribution is 2.17. The first kappa shape index (κ1) is 14.4. The Labute approximate surface area is 111 Å². The van der Waals surface area contributed by atoms with E-state index >= 15 is 0 Å². The van der Waals surface area contributed by atoms with E-state index in [-0.39, 0.29) is 24.1 Å². The fourth-order valence-electron chi connectivity index (χ4n) is 2.28. The number of nitrogens with one attached hydrogen (secondary N) is 1. The quantitative estimate of drug-likeness (QED) is 0.887. The van der Waals surface area contributed by atoms with Gasteiger partial charge in [-0.15, -0.1) is 0 Å². The van der Waals surface area contributed by atoms with E-state index in [1.807, 2.05) is 6.92 Å². The zero-order valence-corrected chi connectivity index (χ0v) is 11.0. The van der Waals surface area contributed by atoms with Gasteiger partial charge in [-0.05, 0) is 25.1 Å². The molecule has 1 aliphatic rings. The molecule has 1 saturated heterocycles. The highest BCUT2D eigenvalue weighted by Gasteiger charge is 2.26. The predicted octanol–water partition coefficient (Wildman–Crippen LogP) is 1.90. The van der Waals surface area contributed by atoms with E-state index in [1.54, 1.807) is 0 Å². The molecule has 1 aromatic rings. The van der Waals surface area contributed by atoms with Crippen molar-refractivity contribution < 1.29 is 18.3 Å². The third-order valence-corrected chi connectivity index (χ3v) is 3.24. The van der Waals surface area contributed by atoms with Gasteiger partial charge in [0, 0.05) is 11.6 Å². The van der Waals surface area contributed by atoms with Crippen molar-refractivity contribution in [2.24, 2.45) is 0 Å². The average molecular weight is 271 g/mol. The molecule has 2 rings (SSSR count). The van der Waals surface area contributed by atoms with Gasteiger partial charge >= 0.3 is 0 Å². The Morgan fingerprint density at radius 3 is 2.63 bits per heavy atom.